The highest BCUT2D eigenvalue weighted by molar-refractivity contribution is 7.12. The molecule has 0 fully saturated rings. The van der Waals surface area contributed by atoms with Crippen molar-refractivity contribution in [2.24, 2.45) is 5.73 Å². The highest BCUT2D eigenvalue weighted by atomic mass is 32.1. The second kappa shape index (κ2) is 7.25. The fourth-order valence-electron chi connectivity index (χ4n) is 4.02. The smallest absolute Gasteiger partial charge is 0.161 e. The van der Waals surface area contributed by atoms with Crippen molar-refractivity contribution in [2.45, 2.75) is 38.5 Å². The van der Waals surface area contributed by atoms with E-state index >= 15 is 0 Å². The van der Waals surface area contributed by atoms with Crippen molar-refractivity contribution < 1.29 is 9.18 Å². The molecule has 28 heavy (non-hydrogen) atoms. The molecule has 4 rings (SSSR count). The molecule has 0 bridgehead atoms. The van der Waals surface area contributed by atoms with Crippen LogP contribution in [-0.4, -0.2) is 5.78 Å². The Morgan fingerprint density at radius 1 is 1.29 bits per heavy atom. The van der Waals surface area contributed by atoms with E-state index in [0.29, 0.717) is 36.1 Å². The molecule has 6 heteroatoms. The van der Waals surface area contributed by atoms with Crippen molar-refractivity contribution >= 4 is 22.8 Å². The second-order valence-corrected chi connectivity index (χ2v) is 8.13. The largest absolute Gasteiger partial charge is 0.384 e. The number of Topliss-reactive ketones (excluding diaryl/α,β-unsaturated/α-hetero) is 1. The van der Waals surface area contributed by atoms with Gasteiger partial charge in [0, 0.05) is 27.4 Å². The molecule has 0 saturated carbocycles. The second-order valence-electron chi connectivity index (χ2n) is 6.93. The van der Waals surface area contributed by atoms with Crippen molar-refractivity contribution in [1.29, 1.82) is 5.26 Å². The van der Waals surface area contributed by atoms with Crippen LogP contribution in [0.4, 0.5) is 10.1 Å². The van der Waals surface area contributed by atoms with E-state index < -0.39 is 11.7 Å². The molecule has 0 radical (unpaired) electrons. The highest BCUT2D eigenvalue weighted by Crippen LogP contribution is 2.47. The zero-order valence-electron chi connectivity index (χ0n) is 15.5. The van der Waals surface area contributed by atoms with E-state index in [9.17, 15) is 14.4 Å². The monoisotopic (exact) mass is 393 g/mol. The number of thiophene rings is 1. The quantitative estimate of drug-likeness (QED) is 0.817. The molecule has 1 atom stereocenters. The van der Waals surface area contributed by atoms with Crippen LogP contribution < -0.4 is 10.6 Å². The summed E-state index contributed by atoms with van der Waals surface area (Å²) in [6.07, 6.45) is 2.64. The number of rotatable bonds is 3. The Bertz CT molecular complexity index is 1060. The zero-order chi connectivity index (χ0) is 19.8. The first-order chi connectivity index (χ1) is 13.6. The molecule has 1 aliphatic carbocycles. The summed E-state index contributed by atoms with van der Waals surface area (Å²) in [5.74, 6) is -0.687. The van der Waals surface area contributed by atoms with E-state index in [1.807, 2.05) is 12.1 Å². The van der Waals surface area contributed by atoms with Crippen LogP contribution in [0.15, 0.2) is 59.1 Å². The number of anilines is 1. The van der Waals surface area contributed by atoms with Gasteiger partial charge in [-0.05, 0) is 43.5 Å². The molecule has 2 N–H and O–H groups in total. The highest BCUT2D eigenvalue weighted by Gasteiger charge is 2.41. The topological polar surface area (TPSA) is 70.1 Å². The first-order valence-corrected chi connectivity index (χ1v) is 10.2. The first-order valence-electron chi connectivity index (χ1n) is 9.36. The molecule has 0 unspecified atom stereocenters. The van der Waals surface area contributed by atoms with E-state index in [4.69, 9.17) is 5.73 Å². The fourth-order valence-corrected chi connectivity index (χ4v) is 5.09. The summed E-state index contributed by atoms with van der Waals surface area (Å²) in [6, 6.07) is 12.5. The molecule has 4 nitrogen and oxygen atoms in total. The number of aryl methyl sites for hydroxylation is 1. The number of nitrogens with zero attached hydrogens (tertiary/aromatic N) is 2. The molecule has 0 spiro atoms. The molecule has 0 saturated heterocycles. The lowest BCUT2D eigenvalue weighted by Gasteiger charge is -2.39. The Kier molecular flexibility index (Phi) is 4.78. The van der Waals surface area contributed by atoms with Crippen LogP contribution in [0.2, 0.25) is 0 Å². The molecule has 0 amide bonds. The number of nitrogens with two attached hydrogens (primary N) is 1. The van der Waals surface area contributed by atoms with E-state index in [0.717, 1.165) is 11.3 Å². The van der Waals surface area contributed by atoms with Crippen LogP contribution >= 0.6 is 11.3 Å². The van der Waals surface area contributed by atoms with Crippen LogP contribution in [-0.2, 0) is 11.2 Å². The number of hydrogen-bond acceptors (Lipinski definition) is 5. The van der Waals surface area contributed by atoms with Gasteiger partial charge in [0.25, 0.3) is 0 Å². The van der Waals surface area contributed by atoms with E-state index in [2.05, 4.69) is 13.0 Å². The van der Waals surface area contributed by atoms with Crippen molar-refractivity contribution in [1.82, 2.24) is 0 Å². The number of carbonyl (C=O) groups is 1. The number of ketones is 1. The minimum atomic E-state index is -0.471. The number of para-hydroxylation sites is 1. The molecule has 2 heterocycles. The summed E-state index contributed by atoms with van der Waals surface area (Å²) in [7, 11) is 0. The van der Waals surface area contributed by atoms with Gasteiger partial charge in [-0.25, -0.2) is 4.39 Å². The standard InChI is InChI=1S/C22H20FN3OS/c1-2-13-10-11-19(28-13)20-14(12-24)22(25)26(16-7-4-3-6-15(16)23)17-8-5-9-18(27)21(17)20/h3-4,6-7,10-11,20H,2,5,8-9,25H2,1H3/t20-/m0/s1. The fraction of sp³-hybridized carbons (Fsp3) is 0.273. The Balaban J connectivity index is 1.97. The molecule has 142 valence electrons. The van der Waals surface area contributed by atoms with Crippen molar-refractivity contribution in [2.75, 3.05) is 4.90 Å². The number of halogens is 1. The summed E-state index contributed by atoms with van der Waals surface area (Å²) in [5.41, 5.74) is 8.31. The van der Waals surface area contributed by atoms with Crippen LogP contribution in [0.5, 0.6) is 0 Å². The maximum absolute atomic E-state index is 14.6. The SMILES string of the molecule is CCc1ccc([C@@H]2C(C#N)=C(N)N(c3ccccc3F)C3=C2C(=O)CCC3)s1. The van der Waals surface area contributed by atoms with Gasteiger partial charge < -0.3 is 5.73 Å². The lowest BCUT2D eigenvalue weighted by Crippen LogP contribution is -2.39. The van der Waals surface area contributed by atoms with Gasteiger partial charge in [-0.2, -0.15) is 5.26 Å². The minimum absolute atomic E-state index is 0.0132. The minimum Gasteiger partial charge on any atom is -0.384 e. The first kappa shape index (κ1) is 18.5. The van der Waals surface area contributed by atoms with Crippen LogP contribution in [0, 0.1) is 17.1 Å². The van der Waals surface area contributed by atoms with E-state index in [1.165, 1.54) is 10.9 Å². The number of allylic oxidation sites excluding steroid dienone is 3. The summed E-state index contributed by atoms with van der Waals surface area (Å²) in [4.78, 5) is 16.7. The lowest BCUT2D eigenvalue weighted by molar-refractivity contribution is -0.116. The van der Waals surface area contributed by atoms with Gasteiger partial charge >= 0.3 is 0 Å². The predicted molar refractivity (Wildman–Crippen MR) is 108 cm³/mol. The molecule has 2 aliphatic rings. The van der Waals surface area contributed by atoms with Gasteiger partial charge in [0.15, 0.2) is 5.78 Å². The van der Waals surface area contributed by atoms with Crippen LogP contribution in [0.3, 0.4) is 0 Å². The number of carbonyl (C=O) groups excluding carboxylic acids is 1. The summed E-state index contributed by atoms with van der Waals surface area (Å²) in [6.45, 7) is 2.07. The van der Waals surface area contributed by atoms with Crippen molar-refractivity contribution in [3.8, 4) is 6.07 Å². The Morgan fingerprint density at radius 2 is 2.07 bits per heavy atom. The van der Waals surface area contributed by atoms with Gasteiger partial charge in [-0.3, -0.25) is 9.69 Å². The Morgan fingerprint density at radius 3 is 2.75 bits per heavy atom. The Labute approximate surface area is 167 Å². The lowest BCUT2D eigenvalue weighted by atomic mass is 9.78. The summed E-state index contributed by atoms with van der Waals surface area (Å²) >= 11 is 1.60. The van der Waals surface area contributed by atoms with E-state index in [-0.39, 0.29) is 17.3 Å². The van der Waals surface area contributed by atoms with Crippen molar-refractivity contribution in [3.63, 3.8) is 0 Å². The number of nitriles is 1. The van der Waals surface area contributed by atoms with Gasteiger partial charge in [0.05, 0.1) is 23.2 Å². The maximum atomic E-state index is 14.6. The normalized spacial score (nSPS) is 19.7. The summed E-state index contributed by atoms with van der Waals surface area (Å²) < 4.78 is 14.6. The van der Waals surface area contributed by atoms with Crippen molar-refractivity contribution in [3.05, 3.63) is 74.6 Å². The number of hydrogen-bond donors (Lipinski definition) is 1. The Hall–Kier alpha value is -2.91. The third-order valence-corrected chi connectivity index (χ3v) is 6.62. The molecular weight excluding hydrogens is 373 g/mol. The molecular formula is C22H20FN3OS. The van der Waals surface area contributed by atoms with Crippen LogP contribution in [0.25, 0.3) is 0 Å². The van der Waals surface area contributed by atoms with Gasteiger partial charge in [0.2, 0.25) is 0 Å². The van der Waals surface area contributed by atoms with Gasteiger partial charge in [-0.1, -0.05) is 19.1 Å². The molecule has 1 aromatic carbocycles. The van der Waals surface area contributed by atoms with Gasteiger partial charge in [0.1, 0.15) is 11.6 Å². The predicted octanol–water partition coefficient (Wildman–Crippen LogP) is 4.75. The molecule has 2 aromatic rings. The third kappa shape index (κ3) is 2.83. The maximum Gasteiger partial charge on any atom is 0.161 e. The third-order valence-electron chi connectivity index (χ3n) is 5.32. The molecule has 1 aromatic heterocycles. The average Bonchev–Trinajstić information content (AvgIpc) is 3.17. The van der Waals surface area contributed by atoms with Crippen LogP contribution in [0.1, 0.15) is 41.9 Å². The summed E-state index contributed by atoms with van der Waals surface area (Å²) in [5, 5.41) is 9.93. The average molecular weight is 393 g/mol. The van der Waals surface area contributed by atoms with Gasteiger partial charge in [-0.15, -0.1) is 11.3 Å². The zero-order valence-corrected chi connectivity index (χ0v) is 16.4. The number of benzene rings is 1. The van der Waals surface area contributed by atoms with E-state index in [1.54, 1.807) is 34.4 Å². The molecule has 1 aliphatic heterocycles.